The number of furan rings is 1. The third kappa shape index (κ3) is 5.64. The van der Waals surface area contributed by atoms with Gasteiger partial charge in [0.1, 0.15) is 5.76 Å². The Morgan fingerprint density at radius 2 is 1.90 bits per heavy atom. The van der Waals surface area contributed by atoms with Crippen molar-refractivity contribution in [1.29, 1.82) is 0 Å². The molecule has 0 fully saturated rings. The minimum Gasteiger partial charge on any atom is -0.467 e. The van der Waals surface area contributed by atoms with Crippen LogP contribution in [0.1, 0.15) is 18.2 Å². The lowest BCUT2D eigenvalue weighted by Crippen LogP contribution is -2.36. The molecule has 0 bridgehead atoms. The first kappa shape index (κ1) is 16.6. The largest absolute Gasteiger partial charge is 0.467 e. The maximum Gasteiger partial charge on any atom is 0.191 e. The van der Waals surface area contributed by atoms with Crippen molar-refractivity contribution in [2.45, 2.75) is 20.0 Å². The second-order valence-corrected chi connectivity index (χ2v) is 4.11. The van der Waals surface area contributed by atoms with Crippen molar-refractivity contribution in [1.82, 2.24) is 10.6 Å². The van der Waals surface area contributed by atoms with E-state index in [1.165, 1.54) is 5.56 Å². The monoisotopic (exact) mass is 385 g/mol. The van der Waals surface area contributed by atoms with E-state index in [9.17, 15) is 0 Å². The van der Waals surface area contributed by atoms with E-state index in [-0.39, 0.29) is 24.0 Å². The van der Waals surface area contributed by atoms with Crippen molar-refractivity contribution in [3.05, 3.63) is 60.1 Å². The zero-order valence-electron chi connectivity index (χ0n) is 11.5. The Labute approximate surface area is 136 Å². The summed E-state index contributed by atoms with van der Waals surface area (Å²) in [5, 5.41) is 6.45. The summed E-state index contributed by atoms with van der Waals surface area (Å²) in [5.41, 5.74) is 1.19. The van der Waals surface area contributed by atoms with E-state index >= 15 is 0 Å². The fraction of sp³-hybridized carbons (Fsp3) is 0.267. The number of hydrogen-bond donors (Lipinski definition) is 2. The van der Waals surface area contributed by atoms with E-state index in [4.69, 9.17) is 4.42 Å². The quantitative estimate of drug-likeness (QED) is 0.472. The summed E-state index contributed by atoms with van der Waals surface area (Å²) in [6, 6.07) is 14.0. The van der Waals surface area contributed by atoms with Gasteiger partial charge >= 0.3 is 0 Å². The highest BCUT2D eigenvalue weighted by molar-refractivity contribution is 14.0. The molecule has 2 aromatic rings. The Bertz CT molecular complexity index is 497. The molecule has 0 aliphatic carbocycles. The zero-order chi connectivity index (χ0) is 13.3. The number of halogens is 1. The Kier molecular flexibility index (Phi) is 7.79. The van der Waals surface area contributed by atoms with E-state index in [1.807, 2.05) is 37.3 Å². The lowest BCUT2D eigenvalue weighted by molar-refractivity contribution is 0.501. The molecule has 0 aliphatic rings. The van der Waals surface area contributed by atoms with E-state index in [2.05, 4.69) is 27.8 Å². The summed E-state index contributed by atoms with van der Waals surface area (Å²) in [5.74, 6) is 1.69. The van der Waals surface area contributed by atoms with E-state index in [0.29, 0.717) is 13.1 Å². The number of benzene rings is 1. The Morgan fingerprint density at radius 3 is 2.55 bits per heavy atom. The summed E-state index contributed by atoms with van der Waals surface area (Å²) in [6.45, 7) is 4.17. The van der Waals surface area contributed by atoms with Gasteiger partial charge in [-0.25, -0.2) is 4.99 Å². The highest BCUT2D eigenvalue weighted by atomic mass is 127. The molecule has 0 spiro atoms. The molecular weight excluding hydrogens is 365 g/mol. The molecule has 0 unspecified atom stereocenters. The molecule has 0 saturated heterocycles. The minimum absolute atomic E-state index is 0. The molecule has 0 aliphatic heterocycles. The van der Waals surface area contributed by atoms with Crippen LogP contribution in [0.5, 0.6) is 0 Å². The second kappa shape index (κ2) is 9.41. The SMILES string of the molecule is CCNC(=NCc1ccccc1)NCc1ccco1.I. The first-order valence-electron chi connectivity index (χ1n) is 6.47. The van der Waals surface area contributed by atoms with Crippen molar-refractivity contribution in [2.75, 3.05) is 6.54 Å². The molecule has 108 valence electrons. The molecular formula is C15H20IN3O. The van der Waals surface area contributed by atoms with Crippen molar-refractivity contribution in [3.8, 4) is 0 Å². The molecule has 0 amide bonds. The average Bonchev–Trinajstić information content (AvgIpc) is 2.96. The maximum absolute atomic E-state index is 5.28. The lowest BCUT2D eigenvalue weighted by Gasteiger charge is -2.10. The van der Waals surface area contributed by atoms with Crippen LogP contribution in [0.3, 0.4) is 0 Å². The van der Waals surface area contributed by atoms with Crippen LogP contribution in [0.2, 0.25) is 0 Å². The molecule has 1 heterocycles. The Hall–Kier alpha value is -1.50. The van der Waals surface area contributed by atoms with Crippen molar-refractivity contribution in [2.24, 2.45) is 4.99 Å². The molecule has 1 aromatic carbocycles. The second-order valence-electron chi connectivity index (χ2n) is 4.11. The normalized spacial score (nSPS) is 10.8. The van der Waals surface area contributed by atoms with Crippen LogP contribution < -0.4 is 10.6 Å². The predicted molar refractivity (Wildman–Crippen MR) is 92.2 cm³/mol. The van der Waals surface area contributed by atoms with Gasteiger partial charge < -0.3 is 15.1 Å². The van der Waals surface area contributed by atoms with Crippen LogP contribution in [-0.4, -0.2) is 12.5 Å². The predicted octanol–water partition coefficient (Wildman–Crippen LogP) is 3.15. The minimum atomic E-state index is 0. The highest BCUT2D eigenvalue weighted by Crippen LogP contribution is 2.01. The molecule has 2 rings (SSSR count). The van der Waals surface area contributed by atoms with E-state index in [1.54, 1.807) is 6.26 Å². The third-order valence-electron chi connectivity index (χ3n) is 2.62. The molecule has 20 heavy (non-hydrogen) atoms. The Balaban J connectivity index is 0.00000200. The number of rotatable bonds is 5. The van der Waals surface area contributed by atoms with Gasteiger partial charge in [-0.15, -0.1) is 24.0 Å². The molecule has 0 radical (unpaired) electrons. The van der Waals surface area contributed by atoms with Gasteiger partial charge in [-0.05, 0) is 24.6 Å². The van der Waals surface area contributed by atoms with Crippen LogP contribution in [0.4, 0.5) is 0 Å². The number of guanidine groups is 1. The third-order valence-corrected chi connectivity index (χ3v) is 2.62. The molecule has 0 atom stereocenters. The zero-order valence-corrected chi connectivity index (χ0v) is 13.8. The van der Waals surface area contributed by atoms with Crippen LogP contribution >= 0.6 is 24.0 Å². The smallest absolute Gasteiger partial charge is 0.191 e. The fourth-order valence-electron chi connectivity index (χ4n) is 1.68. The molecule has 1 aromatic heterocycles. The van der Waals surface area contributed by atoms with Gasteiger partial charge in [0.05, 0.1) is 19.4 Å². The summed E-state index contributed by atoms with van der Waals surface area (Å²) in [7, 11) is 0. The lowest BCUT2D eigenvalue weighted by atomic mass is 10.2. The number of hydrogen-bond acceptors (Lipinski definition) is 2. The summed E-state index contributed by atoms with van der Waals surface area (Å²) < 4.78 is 5.28. The van der Waals surface area contributed by atoms with Gasteiger partial charge in [-0.3, -0.25) is 0 Å². The fourth-order valence-corrected chi connectivity index (χ4v) is 1.68. The standard InChI is InChI=1S/C15H19N3O.HI/c1-2-16-15(18-12-14-9-6-10-19-14)17-11-13-7-4-3-5-8-13;/h3-10H,2,11-12H2,1H3,(H2,16,17,18);1H. The van der Waals surface area contributed by atoms with Gasteiger partial charge in [-0.2, -0.15) is 0 Å². The van der Waals surface area contributed by atoms with Crippen molar-refractivity contribution < 1.29 is 4.42 Å². The van der Waals surface area contributed by atoms with Crippen molar-refractivity contribution in [3.63, 3.8) is 0 Å². The van der Waals surface area contributed by atoms with Gasteiger partial charge in [0.25, 0.3) is 0 Å². The summed E-state index contributed by atoms with van der Waals surface area (Å²) >= 11 is 0. The van der Waals surface area contributed by atoms with Crippen LogP contribution in [0.25, 0.3) is 0 Å². The van der Waals surface area contributed by atoms with Gasteiger partial charge in [0.15, 0.2) is 5.96 Å². The van der Waals surface area contributed by atoms with E-state index < -0.39 is 0 Å². The highest BCUT2D eigenvalue weighted by Gasteiger charge is 1.99. The molecule has 5 heteroatoms. The van der Waals surface area contributed by atoms with Gasteiger partial charge in [-0.1, -0.05) is 30.3 Å². The topological polar surface area (TPSA) is 49.6 Å². The summed E-state index contributed by atoms with van der Waals surface area (Å²) in [4.78, 5) is 4.54. The number of nitrogens with zero attached hydrogens (tertiary/aromatic N) is 1. The van der Waals surface area contributed by atoms with Gasteiger partial charge in [0.2, 0.25) is 0 Å². The summed E-state index contributed by atoms with van der Waals surface area (Å²) in [6.07, 6.45) is 1.67. The first-order valence-corrected chi connectivity index (χ1v) is 6.47. The maximum atomic E-state index is 5.28. The first-order chi connectivity index (χ1) is 9.38. The molecule has 0 saturated carbocycles. The number of aliphatic imine (C=N–C) groups is 1. The van der Waals surface area contributed by atoms with Crippen molar-refractivity contribution >= 4 is 29.9 Å². The van der Waals surface area contributed by atoms with Crippen LogP contribution in [0, 0.1) is 0 Å². The molecule has 2 N–H and O–H groups in total. The van der Waals surface area contributed by atoms with Gasteiger partial charge in [0, 0.05) is 6.54 Å². The van der Waals surface area contributed by atoms with Crippen LogP contribution in [-0.2, 0) is 13.1 Å². The Morgan fingerprint density at radius 1 is 1.10 bits per heavy atom. The average molecular weight is 385 g/mol. The van der Waals surface area contributed by atoms with Crippen LogP contribution in [0.15, 0.2) is 58.1 Å². The molecule has 4 nitrogen and oxygen atoms in total. The number of nitrogens with one attached hydrogen (secondary N) is 2. The van der Waals surface area contributed by atoms with E-state index in [0.717, 1.165) is 18.3 Å².